The minimum absolute atomic E-state index is 0.148. The molecule has 0 rings (SSSR count). The predicted octanol–water partition coefficient (Wildman–Crippen LogP) is 0.107. The van der Waals surface area contributed by atoms with Crippen LogP contribution in [0.3, 0.4) is 0 Å². The first-order chi connectivity index (χ1) is 7.76. The van der Waals surface area contributed by atoms with Crippen molar-refractivity contribution in [2.24, 2.45) is 0 Å². The summed E-state index contributed by atoms with van der Waals surface area (Å²) in [4.78, 5) is 13.6. The second-order valence-corrected chi connectivity index (χ2v) is 3.47. The smallest absolute Gasteiger partial charge is 0.224 e. The molecule has 5 heteroatoms. The highest BCUT2D eigenvalue weighted by Gasteiger charge is 2.11. The van der Waals surface area contributed by atoms with Gasteiger partial charge in [-0.1, -0.05) is 6.92 Å². The van der Waals surface area contributed by atoms with Gasteiger partial charge in [0.15, 0.2) is 0 Å². The van der Waals surface area contributed by atoms with Crippen LogP contribution in [0.5, 0.6) is 0 Å². The zero-order valence-electron chi connectivity index (χ0n) is 10.6. The normalized spacial score (nSPS) is 10.4. The molecule has 0 atom stereocenters. The van der Waals surface area contributed by atoms with Crippen molar-refractivity contribution in [1.82, 2.24) is 10.2 Å². The second kappa shape index (κ2) is 10.9. The van der Waals surface area contributed by atoms with Gasteiger partial charge in [0, 0.05) is 40.3 Å². The van der Waals surface area contributed by atoms with Gasteiger partial charge in [0.2, 0.25) is 5.91 Å². The van der Waals surface area contributed by atoms with E-state index in [0.29, 0.717) is 32.7 Å². The molecule has 0 spiro atoms. The van der Waals surface area contributed by atoms with Crippen LogP contribution in [-0.2, 0) is 14.3 Å². The quantitative estimate of drug-likeness (QED) is 0.543. The van der Waals surface area contributed by atoms with Crippen LogP contribution in [0.15, 0.2) is 0 Å². The van der Waals surface area contributed by atoms with Crippen molar-refractivity contribution in [2.45, 2.75) is 13.3 Å². The van der Waals surface area contributed by atoms with Crippen molar-refractivity contribution in [1.29, 1.82) is 0 Å². The molecular formula is C11H24N2O3. The van der Waals surface area contributed by atoms with Gasteiger partial charge in [0.25, 0.3) is 0 Å². The molecule has 1 N–H and O–H groups in total. The lowest BCUT2D eigenvalue weighted by Crippen LogP contribution is -2.37. The first kappa shape index (κ1) is 15.3. The standard InChI is InChI=1S/C11H24N2O3/c1-4-12-6-5-11(14)13(7-9-15-2)8-10-16-3/h12H,4-10H2,1-3H3. The van der Waals surface area contributed by atoms with Gasteiger partial charge in [-0.25, -0.2) is 0 Å². The SMILES string of the molecule is CCNCCC(=O)N(CCOC)CCOC. The second-order valence-electron chi connectivity index (χ2n) is 3.47. The first-order valence-corrected chi connectivity index (χ1v) is 5.72. The summed E-state index contributed by atoms with van der Waals surface area (Å²) >= 11 is 0. The van der Waals surface area contributed by atoms with Gasteiger partial charge in [0.1, 0.15) is 0 Å². The van der Waals surface area contributed by atoms with E-state index in [-0.39, 0.29) is 5.91 Å². The lowest BCUT2D eigenvalue weighted by Gasteiger charge is -2.22. The van der Waals surface area contributed by atoms with E-state index in [1.54, 1.807) is 19.1 Å². The molecule has 0 radical (unpaired) electrons. The van der Waals surface area contributed by atoms with Crippen LogP contribution in [0.4, 0.5) is 0 Å². The highest BCUT2D eigenvalue weighted by Crippen LogP contribution is 1.94. The predicted molar refractivity (Wildman–Crippen MR) is 63.5 cm³/mol. The van der Waals surface area contributed by atoms with Crippen molar-refractivity contribution < 1.29 is 14.3 Å². The molecule has 0 fully saturated rings. The van der Waals surface area contributed by atoms with Gasteiger partial charge in [-0.3, -0.25) is 4.79 Å². The lowest BCUT2D eigenvalue weighted by molar-refractivity contribution is -0.132. The number of nitrogens with one attached hydrogen (secondary N) is 1. The van der Waals surface area contributed by atoms with Crippen LogP contribution in [0.2, 0.25) is 0 Å². The fourth-order valence-electron chi connectivity index (χ4n) is 1.29. The van der Waals surface area contributed by atoms with Crippen LogP contribution in [-0.4, -0.2) is 64.4 Å². The van der Waals surface area contributed by atoms with Crippen molar-refractivity contribution in [3.63, 3.8) is 0 Å². The Hall–Kier alpha value is -0.650. The number of hydrogen-bond acceptors (Lipinski definition) is 4. The topological polar surface area (TPSA) is 50.8 Å². The number of carbonyl (C=O) groups excluding carboxylic acids is 1. The minimum atomic E-state index is 0.148. The molecule has 1 amide bonds. The molecule has 0 aliphatic heterocycles. The van der Waals surface area contributed by atoms with Gasteiger partial charge in [0.05, 0.1) is 13.2 Å². The summed E-state index contributed by atoms with van der Waals surface area (Å²) < 4.78 is 9.96. The van der Waals surface area contributed by atoms with Gasteiger partial charge >= 0.3 is 0 Å². The average Bonchev–Trinajstić information content (AvgIpc) is 2.29. The van der Waals surface area contributed by atoms with E-state index in [4.69, 9.17) is 9.47 Å². The van der Waals surface area contributed by atoms with Crippen molar-refractivity contribution >= 4 is 5.91 Å². The Morgan fingerprint density at radius 1 is 1.19 bits per heavy atom. The van der Waals surface area contributed by atoms with Crippen molar-refractivity contribution in [3.8, 4) is 0 Å². The number of rotatable bonds is 10. The summed E-state index contributed by atoms with van der Waals surface area (Å²) in [5.74, 6) is 0.148. The number of methoxy groups -OCH3 is 2. The zero-order chi connectivity index (χ0) is 12.2. The molecule has 0 aromatic rings. The molecule has 16 heavy (non-hydrogen) atoms. The molecule has 5 nitrogen and oxygen atoms in total. The lowest BCUT2D eigenvalue weighted by atomic mass is 10.3. The number of amides is 1. The molecular weight excluding hydrogens is 208 g/mol. The summed E-state index contributed by atoms with van der Waals surface area (Å²) in [6.07, 6.45) is 0.529. The van der Waals surface area contributed by atoms with E-state index < -0.39 is 0 Å². The van der Waals surface area contributed by atoms with Gasteiger partial charge in [-0.15, -0.1) is 0 Å². The van der Waals surface area contributed by atoms with Crippen molar-refractivity contribution in [2.75, 3.05) is 53.6 Å². The maximum absolute atomic E-state index is 11.8. The summed E-state index contributed by atoms with van der Waals surface area (Å²) in [5.41, 5.74) is 0. The first-order valence-electron chi connectivity index (χ1n) is 5.72. The molecule has 0 aliphatic carbocycles. The van der Waals surface area contributed by atoms with Crippen LogP contribution >= 0.6 is 0 Å². The molecule has 96 valence electrons. The maximum atomic E-state index is 11.8. The Bertz CT molecular complexity index is 169. The minimum Gasteiger partial charge on any atom is -0.383 e. The van der Waals surface area contributed by atoms with E-state index in [0.717, 1.165) is 13.1 Å². The van der Waals surface area contributed by atoms with Gasteiger partial charge in [-0.05, 0) is 6.54 Å². The highest BCUT2D eigenvalue weighted by atomic mass is 16.5. The Morgan fingerprint density at radius 2 is 1.75 bits per heavy atom. The van der Waals surface area contributed by atoms with Gasteiger partial charge in [-0.2, -0.15) is 0 Å². The summed E-state index contributed by atoms with van der Waals surface area (Å²) in [5, 5.41) is 3.14. The van der Waals surface area contributed by atoms with Crippen LogP contribution < -0.4 is 5.32 Å². The Kier molecular flexibility index (Phi) is 10.4. The zero-order valence-corrected chi connectivity index (χ0v) is 10.6. The summed E-state index contributed by atoms with van der Waals surface area (Å²) in [6.45, 7) is 6.04. The monoisotopic (exact) mass is 232 g/mol. The molecule has 0 saturated heterocycles. The molecule has 0 aliphatic rings. The number of hydrogen-bond donors (Lipinski definition) is 1. The van der Waals surface area contributed by atoms with E-state index in [1.165, 1.54) is 0 Å². The number of ether oxygens (including phenoxy) is 2. The Balaban J connectivity index is 3.88. The van der Waals surface area contributed by atoms with E-state index >= 15 is 0 Å². The van der Waals surface area contributed by atoms with E-state index in [9.17, 15) is 4.79 Å². The Labute approximate surface area is 98.1 Å². The molecule has 0 aromatic carbocycles. The fourth-order valence-corrected chi connectivity index (χ4v) is 1.29. The van der Waals surface area contributed by atoms with Crippen LogP contribution in [0.25, 0.3) is 0 Å². The molecule has 0 unspecified atom stereocenters. The average molecular weight is 232 g/mol. The Morgan fingerprint density at radius 3 is 2.19 bits per heavy atom. The maximum Gasteiger partial charge on any atom is 0.224 e. The molecule has 0 aromatic heterocycles. The molecule has 0 heterocycles. The summed E-state index contributed by atoms with van der Waals surface area (Å²) in [7, 11) is 3.27. The third kappa shape index (κ3) is 7.62. The van der Waals surface area contributed by atoms with Crippen LogP contribution in [0, 0.1) is 0 Å². The third-order valence-electron chi connectivity index (χ3n) is 2.25. The number of carbonyl (C=O) groups is 1. The number of nitrogens with zero attached hydrogens (tertiary/aromatic N) is 1. The van der Waals surface area contributed by atoms with Gasteiger partial charge < -0.3 is 19.7 Å². The van der Waals surface area contributed by atoms with Crippen molar-refractivity contribution in [3.05, 3.63) is 0 Å². The highest BCUT2D eigenvalue weighted by molar-refractivity contribution is 5.76. The summed E-state index contributed by atoms with van der Waals surface area (Å²) in [6, 6.07) is 0. The fraction of sp³-hybridized carbons (Fsp3) is 0.909. The molecule has 0 saturated carbocycles. The van der Waals surface area contributed by atoms with Crippen LogP contribution in [0.1, 0.15) is 13.3 Å². The molecule has 0 bridgehead atoms. The largest absolute Gasteiger partial charge is 0.383 e. The van der Waals surface area contributed by atoms with E-state index in [1.807, 2.05) is 6.92 Å². The van der Waals surface area contributed by atoms with E-state index in [2.05, 4.69) is 5.32 Å². The third-order valence-corrected chi connectivity index (χ3v) is 2.25.